The molecule has 0 aromatic rings. The molecule has 10 rings (SSSR count). The molecule has 2 saturated heterocycles. The lowest BCUT2D eigenvalue weighted by Crippen LogP contribution is -2.60. The molecule has 2 heterocycles. The second-order valence-electron chi connectivity index (χ2n) is 21.1. The second kappa shape index (κ2) is 24.4. The third-order valence-electron chi connectivity index (χ3n) is 16.6. The van der Waals surface area contributed by atoms with E-state index in [-0.39, 0.29) is 101 Å². The number of hydrogen-bond donors (Lipinski definition) is 0. The molecule has 9 nitrogen and oxygen atoms in total. The maximum absolute atomic E-state index is 13.0. The van der Waals surface area contributed by atoms with Gasteiger partial charge in [0.15, 0.2) is 0 Å². The summed E-state index contributed by atoms with van der Waals surface area (Å²) in [6, 6.07) is 0. The van der Waals surface area contributed by atoms with Crippen molar-refractivity contribution in [3.8, 4) is 0 Å². The summed E-state index contributed by atoms with van der Waals surface area (Å²) >= 11 is 0. The Kier molecular flexibility index (Phi) is 25.1. The molecule has 10 fully saturated rings. The van der Waals surface area contributed by atoms with E-state index in [1.165, 1.54) is 25.7 Å². The molecule has 0 spiro atoms. The highest BCUT2D eigenvalue weighted by atomic mass is 16.6. The third-order valence-corrected chi connectivity index (χ3v) is 16.6. The number of carbonyl (C=O) groups is 5. The summed E-state index contributed by atoms with van der Waals surface area (Å²) < 4.78 is 21.3. The third kappa shape index (κ3) is 12.9. The Labute approximate surface area is 389 Å². The van der Waals surface area contributed by atoms with Crippen molar-refractivity contribution >= 4 is 29.8 Å². The van der Waals surface area contributed by atoms with Gasteiger partial charge in [0.1, 0.15) is 11.2 Å². The van der Waals surface area contributed by atoms with Crippen molar-refractivity contribution in [1.82, 2.24) is 0 Å². The number of esters is 5. The van der Waals surface area contributed by atoms with Crippen LogP contribution < -0.4 is 0 Å². The Hall–Kier alpha value is -2.45. The molecular weight excluding hydrogens is 793 g/mol. The van der Waals surface area contributed by atoms with Gasteiger partial charge in [-0.1, -0.05) is 115 Å². The highest BCUT2D eigenvalue weighted by Gasteiger charge is 2.64. The molecule has 0 amide bonds. The zero-order valence-electron chi connectivity index (χ0n) is 35.8. The number of rotatable bonds is 4. The highest BCUT2D eigenvalue weighted by Crippen LogP contribution is 2.64. The van der Waals surface area contributed by atoms with Crippen molar-refractivity contribution in [1.29, 1.82) is 0 Å². The lowest BCUT2D eigenvalue weighted by molar-refractivity contribution is -0.219. The molecule has 9 heteroatoms. The summed E-state index contributed by atoms with van der Waals surface area (Å²) in [4.78, 5) is 58.0. The summed E-state index contributed by atoms with van der Waals surface area (Å²) in [5.41, 5.74) is -1.34. The average molecular weight is 897 g/mol. The lowest BCUT2D eigenvalue weighted by atomic mass is 9.48. The molecule has 2 aliphatic heterocycles. The molecule has 8 bridgehead atoms. The fourth-order valence-corrected chi connectivity index (χ4v) is 13.0. The molecule has 0 aromatic carbocycles. The van der Waals surface area contributed by atoms with Crippen molar-refractivity contribution in [2.75, 3.05) is 6.61 Å². The predicted octanol–water partition coefficient (Wildman–Crippen LogP) is 14.1. The number of carbonyl (C=O) groups excluding carboxylic acids is 5. The second-order valence-corrected chi connectivity index (χ2v) is 21.1. The maximum atomic E-state index is 13.0. The fourth-order valence-electron chi connectivity index (χ4n) is 13.0. The largest absolute Gasteiger partial charge is 0.465 e. The molecule has 15 unspecified atom stereocenters. The van der Waals surface area contributed by atoms with Gasteiger partial charge in [-0.05, 0) is 144 Å². The van der Waals surface area contributed by atoms with Crippen LogP contribution in [0.2, 0.25) is 0 Å². The molecule has 15 atom stereocenters. The molecule has 0 aromatic heterocycles. The fraction of sp³-hybridized carbons (Fsp3) is 0.907. The topological polar surface area (TPSA) is 122 Å². The number of fused-ring (bicyclic) bond motifs is 7. The molecular formula is C54H104O9. The van der Waals surface area contributed by atoms with Crippen LogP contribution in [-0.2, 0) is 42.9 Å². The van der Waals surface area contributed by atoms with Crippen LogP contribution in [-0.4, -0.2) is 47.7 Å². The summed E-state index contributed by atoms with van der Waals surface area (Å²) in [6.45, 7) is 23.3. The van der Waals surface area contributed by atoms with Gasteiger partial charge in [-0.15, -0.1) is 0 Å². The van der Waals surface area contributed by atoms with Gasteiger partial charge in [0.05, 0.1) is 35.7 Å². The molecule has 8 aliphatic carbocycles. The van der Waals surface area contributed by atoms with Gasteiger partial charge < -0.3 is 18.9 Å². The van der Waals surface area contributed by atoms with E-state index in [4.69, 9.17) is 14.2 Å². The Morgan fingerprint density at radius 1 is 0.667 bits per heavy atom. The first kappa shape index (κ1) is 64.8. The van der Waals surface area contributed by atoms with Gasteiger partial charge in [-0.3, -0.25) is 24.0 Å². The Balaban J connectivity index is -0.000000791. The van der Waals surface area contributed by atoms with Gasteiger partial charge in [-0.25, -0.2) is 0 Å². The van der Waals surface area contributed by atoms with Crippen molar-refractivity contribution in [2.45, 2.75) is 217 Å². The zero-order valence-corrected chi connectivity index (χ0v) is 35.8. The van der Waals surface area contributed by atoms with Crippen LogP contribution >= 0.6 is 0 Å². The van der Waals surface area contributed by atoms with E-state index in [9.17, 15) is 24.0 Å². The first-order chi connectivity index (χ1) is 25.7. The minimum atomic E-state index is -0.471. The Morgan fingerprint density at radius 2 is 1.14 bits per heavy atom. The maximum Gasteiger partial charge on any atom is 0.317 e. The summed E-state index contributed by atoms with van der Waals surface area (Å²) in [5, 5.41) is 0. The van der Waals surface area contributed by atoms with Gasteiger partial charge in [0.25, 0.3) is 0 Å². The van der Waals surface area contributed by atoms with E-state index in [0.29, 0.717) is 36.7 Å². The Morgan fingerprint density at radius 3 is 1.54 bits per heavy atom. The monoisotopic (exact) mass is 897 g/mol. The SMILES string of the molecule is C.C.C.C.C.C.C.C.CC1C(=O)OC(=O)C1C.CC1C(C)C2CC1C1COC(=O)C21.CC1C2CCC(C2)C1C.CCC(C)C(=O)OC12CC3CC(C1)CC(C(=O)OC(C)(C)C)(C3)C2. The van der Waals surface area contributed by atoms with E-state index in [1.54, 1.807) is 20.3 Å². The summed E-state index contributed by atoms with van der Waals surface area (Å²) in [6.07, 6.45) is 12.2. The standard InChI is InChI=1S/C20H32O4.C11H16O2.C9H16.C6H8O3.8CH4/c1-6-13(2)16(21)23-20-10-14-7-15(11-20)9-19(8-14,12-20)17(22)24-18(3,4)5;1-5-6(2)8-3-7(5)9-4-13-11(12)10(8)9;1-6-7(2)9-4-3-8(6)5-9;1-3-4(2)6(8)9-5(3)7;;;;;;;;/h13-15H,6-12H2,1-5H3;5-10H,3-4H2,1-2H3;6-9H,3-5H2,1-2H3;3-4H,1-2H3;8*1H4. The van der Waals surface area contributed by atoms with Crippen molar-refractivity contribution < 1.29 is 42.9 Å². The molecule has 0 N–H and O–H groups in total. The molecule has 63 heavy (non-hydrogen) atoms. The molecule has 0 radical (unpaired) electrons. The first-order valence-corrected chi connectivity index (χ1v) is 22.1. The smallest absolute Gasteiger partial charge is 0.317 e. The zero-order chi connectivity index (χ0) is 40.4. The van der Waals surface area contributed by atoms with Crippen LogP contribution in [0.5, 0.6) is 0 Å². The lowest BCUT2D eigenvalue weighted by Gasteiger charge is -2.60. The quantitative estimate of drug-likeness (QED) is 0.154. The van der Waals surface area contributed by atoms with E-state index in [2.05, 4.69) is 32.4 Å². The van der Waals surface area contributed by atoms with Crippen molar-refractivity contribution in [3.63, 3.8) is 0 Å². The first-order valence-electron chi connectivity index (χ1n) is 22.1. The van der Waals surface area contributed by atoms with Crippen LogP contribution in [0.1, 0.15) is 206 Å². The number of cyclic esters (lactones) is 3. The average Bonchev–Trinajstić information content (AvgIpc) is 3.95. The molecule has 10 aliphatic rings. The van der Waals surface area contributed by atoms with Crippen molar-refractivity contribution in [2.24, 2.45) is 94.2 Å². The van der Waals surface area contributed by atoms with E-state index in [0.717, 1.165) is 73.5 Å². The minimum Gasteiger partial charge on any atom is -0.465 e. The summed E-state index contributed by atoms with van der Waals surface area (Å²) in [7, 11) is 0. The van der Waals surface area contributed by atoms with E-state index in [1.807, 2.05) is 34.6 Å². The number of ether oxygens (including phenoxy) is 4. The summed E-state index contributed by atoms with van der Waals surface area (Å²) in [5.74, 6) is 7.65. The van der Waals surface area contributed by atoms with Crippen LogP contribution in [0, 0.1) is 94.2 Å². The van der Waals surface area contributed by atoms with Gasteiger partial charge in [0, 0.05) is 12.3 Å². The van der Waals surface area contributed by atoms with E-state index >= 15 is 0 Å². The Bertz CT molecular complexity index is 1430. The van der Waals surface area contributed by atoms with Crippen LogP contribution in [0.15, 0.2) is 0 Å². The van der Waals surface area contributed by atoms with Crippen LogP contribution in [0.4, 0.5) is 0 Å². The van der Waals surface area contributed by atoms with Gasteiger partial charge in [-0.2, -0.15) is 0 Å². The normalized spacial score (nSPS) is 39.8. The minimum absolute atomic E-state index is 0. The van der Waals surface area contributed by atoms with Gasteiger partial charge in [0.2, 0.25) is 0 Å². The van der Waals surface area contributed by atoms with Gasteiger partial charge >= 0.3 is 29.8 Å². The van der Waals surface area contributed by atoms with Crippen LogP contribution in [0.25, 0.3) is 0 Å². The number of hydrogen-bond acceptors (Lipinski definition) is 9. The van der Waals surface area contributed by atoms with Crippen molar-refractivity contribution in [3.05, 3.63) is 0 Å². The predicted molar refractivity (Wildman–Crippen MR) is 262 cm³/mol. The van der Waals surface area contributed by atoms with Crippen LogP contribution in [0.3, 0.4) is 0 Å². The molecule has 374 valence electrons. The van der Waals surface area contributed by atoms with E-state index < -0.39 is 28.6 Å². The molecule has 8 saturated carbocycles. The highest BCUT2D eigenvalue weighted by molar-refractivity contribution is 5.95.